The Bertz CT molecular complexity index is 1130. The number of ether oxygens (including phenoxy) is 2. The molecule has 0 fully saturated rings. The molecule has 0 aliphatic rings. The van der Waals surface area contributed by atoms with Gasteiger partial charge in [-0.05, 0) is 54.1 Å². The van der Waals surface area contributed by atoms with Crippen molar-refractivity contribution in [3.63, 3.8) is 0 Å². The maximum absolute atomic E-state index is 12.6. The first-order valence-corrected chi connectivity index (χ1v) is 9.12. The molecule has 0 amide bonds. The van der Waals surface area contributed by atoms with Gasteiger partial charge in [-0.1, -0.05) is 12.1 Å². The minimum atomic E-state index is -4.36. The summed E-state index contributed by atoms with van der Waals surface area (Å²) in [4.78, 5) is 12.4. The molecule has 0 aliphatic heterocycles. The molecule has 0 saturated heterocycles. The summed E-state index contributed by atoms with van der Waals surface area (Å²) < 4.78 is 49.2. The lowest BCUT2D eigenvalue weighted by molar-refractivity contribution is -0.137. The van der Waals surface area contributed by atoms with E-state index in [1.165, 1.54) is 18.5 Å². The highest BCUT2D eigenvalue weighted by Crippen LogP contribution is 2.31. The highest BCUT2D eigenvalue weighted by molar-refractivity contribution is 5.79. The van der Waals surface area contributed by atoms with E-state index in [1.54, 1.807) is 24.4 Å². The van der Waals surface area contributed by atoms with E-state index in [2.05, 4.69) is 15.0 Å². The van der Waals surface area contributed by atoms with Gasteiger partial charge in [0, 0.05) is 12.6 Å². The van der Waals surface area contributed by atoms with Crippen LogP contribution < -0.4 is 9.47 Å². The quantitative estimate of drug-likeness (QED) is 0.422. The molecule has 0 N–H and O–H groups in total. The van der Waals surface area contributed by atoms with Gasteiger partial charge < -0.3 is 9.47 Å². The van der Waals surface area contributed by atoms with Crippen LogP contribution in [0.1, 0.15) is 11.1 Å². The molecule has 0 spiro atoms. The van der Waals surface area contributed by atoms with Crippen molar-refractivity contribution >= 4 is 11.0 Å². The van der Waals surface area contributed by atoms with E-state index in [0.717, 1.165) is 23.1 Å². The predicted molar refractivity (Wildman–Crippen MR) is 104 cm³/mol. The summed E-state index contributed by atoms with van der Waals surface area (Å²) >= 11 is 0. The van der Waals surface area contributed by atoms with Gasteiger partial charge in [0.15, 0.2) is 5.65 Å². The van der Waals surface area contributed by atoms with Crippen LogP contribution in [0.25, 0.3) is 11.0 Å². The van der Waals surface area contributed by atoms with Crippen molar-refractivity contribution < 1.29 is 22.6 Å². The van der Waals surface area contributed by atoms with E-state index in [4.69, 9.17) is 9.47 Å². The average molecular weight is 411 g/mol. The Labute approximate surface area is 170 Å². The number of nitrogens with zero attached hydrogens (tertiary/aromatic N) is 3. The molecule has 2 aromatic carbocycles. The van der Waals surface area contributed by atoms with Gasteiger partial charge in [0.25, 0.3) is 0 Å². The van der Waals surface area contributed by atoms with Gasteiger partial charge in [0.05, 0.1) is 17.6 Å². The molecule has 8 heteroatoms. The summed E-state index contributed by atoms with van der Waals surface area (Å²) in [5, 5.41) is 0.750. The maximum Gasteiger partial charge on any atom is 0.416 e. The first-order chi connectivity index (χ1) is 14.5. The number of aromatic nitrogens is 3. The Morgan fingerprint density at radius 1 is 0.800 bits per heavy atom. The Kier molecular flexibility index (Phi) is 5.47. The number of pyridine rings is 1. The Hall–Kier alpha value is -3.68. The summed E-state index contributed by atoms with van der Waals surface area (Å²) in [5.41, 5.74) is 0.885. The van der Waals surface area contributed by atoms with Crippen LogP contribution in [0.3, 0.4) is 0 Å². The third kappa shape index (κ3) is 4.65. The minimum Gasteiger partial charge on any atom is -0.477 e. The van der Waals surface area contributed by atoms with Crippen molar-refractivity contribution in [2.24, 2.45) is 0 Å². The van der Waals surface area contributed by atoms with E-state index < -0.39 is 11.7 Å². The maximum atomic E-state index is 12.6. The normalized spacial score (nSPS) is 11.4. The second-order valence-electron chi connectivity index (χ2n) is 6.42. The van der Waals surface area contributed by atoms with Crippen molar-refractivity contribution in [1.82, 2.24) is 15.0 Å². The molecule has 4 aromatic rings. The fourth-order valence-electron chi connectivity index (χ4n) is 2.83. The predicted octanol–water partition coefficient (Wildman–Crippen LogP) is 5.46. The molecule has 0 unspecified atom stereocenters. The lowest BCUT2D eigenvalue weighted by Gasteiger charge is -2.10. The number of benzene rings is 2. The second kappa shape index (κ2) is 8.36. The highest BCUT2D eigenvalue weighted by atomic mass is 19.4. The number of alkyl halides is 3. The van der Waals surface area contributed by atoms with Crippen LogP contribution in [0.4, 0.5) is 13.2 Å². The van der Waals surface area contributed by atoms with E-state index in [-0.39, 0.29) is 0 Å². The lowest BCUT2D eigenvalue weighted by Crippen LogP contribution is -2.04. The van der Waals surface area contributed by atoms with Gasteiger partial charge in [-0.3, -0.25) is 0 Å². The summed E-state index contributed by atoms with van der Waals surface area (Å²) in [6.45, 7) is 0.417. The van der Waals surface area contributed by atoms with Crippen molar-refractivity contribution in [1.29, 1.82) is 0 Å². The molecule has 0 saturated carbocycles. The van der Waals surface area contributed by atoms with Gasteiger partial charge >= 0.3 is 6.18 Å². The van der Waals surface area contributed by atoms with E-state index in [1.807, 2.05) is 18.2 Å². The largest absolute Gasteiger partial charge is 0.477 e. The van der Waals surface area contributed by atoms with Crippen molar-refractivity contribution in [2.45, 2.75) is 12.6 Å². The number of rotatable bonds is 6. The van der Waals surface area contributed by atoms with Crippen LogP contribution in [0, 0.1) is 0 Å². The van der Waals surface area contributed by atoms with Gasteiger partial charge in [-0.2, -0.15) is 13.2 Å². The number of hydrogen-bond acceptors (Lipinski definition) is 5. The molecule has 0 radical (unpaired) electrons. The molecule has 0 aliphatic carbocycles. The van der Waals surface area contributed by atoms with Crippen LogP contribution in [0.2, 0.25) is 0 Å². The van der Waals surface area contributed by atoms with Gasteiger partial charge in [-0.25, -0.2) is 15.0 Å². The second-order valence-corrected chi connectivity index (χ2v) is 6.42. The number of hydrogen-bond donors (Lipinski definition) is 0. The molecule has 2 heterocycles. The molecule has 0 bridgehead atoms. The van der Waals surface area contributed by atoms with E-state index in [9.17, 15) is 13.2 Å². The molecular formula is C22H16F3N3O2. The van der Waals surface area contributed by atoms with Gasteiger partial charge in [0.1, 0.15) is 17.8 Å². The summed E-state index contributed by atoms with van der Waals surface area (Å²) in [7, 11) is 0. The van der Waals surface area contributed by atoms with Crippen LogP contribution in [0.15, 0.2) is 73.2 Å². The third-order valence-electron chi connectivity index (χ3n) is 4.34. The van der Waals surface area contributed by atoms with Crippen molar-refractivity contribution in [3.8, 4) is 17.4 Å². The standard InChI is InChI=1S/C22H16F3N3O2/c23-22(24,25)16-5-9-18(10-6-16)30-17-7-3-15(4-8-17)11-13-29-21-19-2-1-12-26-20(19)27-14-28-21/h1-10,12,14H,11,13H2. The van der Waals surface area contributed by atoms with Gasteiger partial charge in [-0.15, -0.1) is 0 Å². The molecule has 30 heavy (non-hydrogen) atoms. The summed E-state index contributed by atoms with van der Waals surface area (Å²) in [6.07, 6.45) is -0.644. The molecule has 5 nitrogen and oxygen atoms in total. The monoisotopic (exact) mass is 411 g/mol. The van der Waals surface area contributed by atoms with E-state index in [0.29, 0.717) is 36.1 Å². The first-order valence-electron chi connectivity index (χ1n) is 9.12. The summed E-state index contributed by atoms with van der Waals surface area (Å²) in [5.74, 6) is 1.35. The van der Waals surface area contributed by atoms with Crippen LogP contribution in [0.5, 0.6) is 17.4 Å². The van der Waals surface area contributed by atoms with Crippen LogP contribution in [-0.4, -0.2) is 21.6 Å². The number of fused-ring (bicyclic) bond motifs is 1. The zero-order valence-electron chi connectivity index (χ0n) is 15.6. The average Bonchev–Trinajstić information content (AvgIpc) is 2.75. The smallest absolute Gasteiger partial charge is 0.416 e. The zero-order valence-corrected chi connectivity index (χ0v) is 15.6. The third-order valence-corrected chi connectivity index (χ3v) is 4.34. The fourth-order valence-corrected chi connectivity index (χ4v) is 2.83. The Morgan fingerprint density at radius 2 is 1.50 bits per heavy atom. The Morgan fingerprint density at radius 3 is 2.20 bits per heavy atom. The van der Waals surface area contributed by atoms with Crippen molar-refractivity contribution in [2.75, 3.05) is 6.61 Å². The molecule has 0 atom stereocenters. The topological polar surface area (TPSA) is 57.1 Å². The summed E-state index contributed by atoms with van der Waals surface area (Å²) in [6, 6.07) is 15.5. The van der Waals surface area contributed by atoms with Crippen molar-refractivity contribution in [3.05, 3.63) is 84.3 Å². The molecule has 152 valence electrons. The van der Waals surface area contributed by atoms with Crippen LogP contribution >= 0.6 is 0 Å². The highest BCUT2D eigenvalue weighted by Gasteiger charge is 2.30. The van der Waals surface area contributed by atoms with Crippen LogP contribution in [-0.2, 0) is 12.6 Å². The fraction of sp³-hybridized carbons (Fsp3) is 0.136. The SMILES string of the molecule is FC(F)(F)c1ccc(Oc2ccc(CCOc3ncnc4ncccc34)cc2)cc1. The molecular weight excluding hydrogens is 395 g/mol. The molecule has 4 rings (SSSR count). The lowest BCUT2D eigenvalue weighted by atomic mass is 10.1. The number of halogens is 3. The molecule has 2 aromatic heterocycles. The Balaban J connectivity index is 1.33. The zero-order chi connectivity index (χ0) is 21.0. The van der Waals surface area contributed by atoms with Gasteiger partial charge in [0.2, 0.25) is 5.88 Å². The van der Waals surface area contributed by atoms with E-state index >= 15 is 0 Å². The minimum absolute atomic E-state index is 0.336. The first kappa shape index (κ1) is 19.6.